The fourth-order valence-corrected chi connectivity index (χ4v) is 3.54. The highest BCUT2D eigenvalue weighted by molar-refractivity contribution is 8.00. The number of carbonyl (C=O) groups is 2. The predicted molar refractivity (Wildman–Crippen MR) is 83.5 cm³/mol. The van der Waals surface area contributed by atoms with Gasteiger partial charge in [-0.1, -0.05) is 23.7 Å². The van der Waals surface area contributed by atoms with Gasteiger partial charge in [-0.15, -0.1) is 11.8 Å². The number of benzene rings is 1. The Hall–Kier alpha value is -1.40. The van der Waals surface area contributed by atoms with E-state index in [1.165, 1.54) is 21.6 Å². The van der Waals surface area contributed by atoms with Crippen LogP contribution in [0.2, 0.25) is 5.02 Å². The summed E-state index contributed by atoms with van der Waals surface area (Å²) >= 11 is 7.31. The van der Waals surface area contributed by atoms with Crippen LogP contribution >= 0.6 is 23.4 Å². The lowest BCUT2D eigenvalue weighted by atomic mass is 10.2. The summed E-state index contributed by atoms with van der Waals surface area (Å²) in [6, 6.07) is 6.21. The maximum Gasteiger partial charge on any atom is 0.327 e. The van der Waals surface area contributed by atoms with E-state index in [4.69, 9.17) is 11.6 Å². The second-order valence-electron chi connectivity index (χ2n) is 4.96. The highest BCUT2D eigenvalue weighted by Crippen LogP contribution is 2.30. The molecule has 2 rings (SSSR count). The molecule has 114 valence electrons. The third-order valence-corrected chi connectivity index (χ3v) is 4.86. The van der Waals surface area contributed by atoms with E-state index in [9.17, 15) is 14.7 Å². The van der Waals surface area contributed by atoms with Crippen molar-refractivity contribution in [1.29, 1.82) is 0 Å². The Morgan fingerprint density at radius 2 is 2.05 bits per heavy atom. The van der Waals surface area contributed by atoms with Crippen LogP contribution in [0.4, 0.5) is 4.79 Å². The van der Waals surface area contributed by atoms with Crippen molar-refractivity contribution >= 4 is 35.4 Å². The predicted octanol–water partition coefficient (Wildman–Crippen LogP) is 2.74. The number of nitrogens with zero attached hydrogens (tertiary/aromatic N) is 2. The molecule has 0 saturated carbocycles. The number of hydrogen-bond acceptors (Lipinski definition) is 3. The average Bonchev–Trinajstić information content (AvgIpc) is 2.82. The van der Waals surface area contributed by atoms with Gasteiger partial charge in [0.2, 0.25) is 0 Å². The molecule has 1 aromatic carbocycles. The van der Waals surface area contributed by atoms with E-state index in [2.05, 4.69) is 0 Å². The number of carboxylic acid groups (broad SMARTS) is 1. The van der Waals surface area contributed by atoms with Crippen LogP contribution in [0.25, 0.3) is 0 Å². The fraction of sp³-hybridized carbons (Fsp3) is 0.429. The van der Waals surface area contributed by atoms with Gasteiger partial charge < -0.3 is 10.0 Å². The Labute approximate surface area is 132 Å². The van der Waals surface area contributed by atoms with Gasteiger partial charge in [-0.3, -0.25) is 4.90 Å². The van der Waals surface area contributed by atoms with Gasteiger partial charge in [0.15, 0.2) is 0 Å². The van der Waals surface area contributed by atoms with Crippen molar-refractivity contribution in [3.63, 3.8) is 0 Å². The minimum absolute atomic E-state index is 0.133. The Morgan fingerprint density at radius 3 is 2.62 bits per heavy atom. The van der Waals surface area contributed by atoms with Crippen LogP contribution in [0.3, 0.4) is 0 Å². The molecule has 2 amide bonds. The topological polar surface area (TPSA) is 60.9 Å². The van der Waals surface area contributed by atoms with Crippen LogP contribution < -0.4 is 0 Å². The van der Waals surface area contributed by atoms with Crippen LogP contribution in [0.15, 0.2) is 24.3 Å². The van der Waals surface area contributed by atoms with Gasteiger partial charge in [-0.05, 0) is 24.6 Å². The first-order valence-electron chi connectivity index (χ1n) is 6.52. The molecule has 0 bridgehead atoms. The Balaban J connectivity index is 2.07. The minimum atomic E-state index is -0.958. The van der Waals surface area contributed by atoms with E-state index in [1.54, 1.807) is 19.2 Å². The van der Waals surface area contributed by atoms with E-state index >= 15 is 0 Å². The Morgan fingerprint density at radius 1 is 1.43 bits per heavy atom. The highest BCUT2D eigenvalue weighted by Gasteiger charge is 2.40. The average molecular weight is 329 g/mol. The van der Waals surface area contributed by atoms with Crippen molar-refractivity contribution in [1.82, 2.24) is 9.80 Å². The third kappa shape index (κ3) is 3.63. The molecular formula is C14H17ClN2O3S. The Bertz CT molecular complexity index is 538. The van der Waals surface area contributed by atoms with Gasteiger partial charge >= 0.3 is 12.0 Å². The first-order valence-corrected chi connectivity index (χ1v) is 7.95. The number of carbonyl (C=O) groups excluding carboxylic acids is 1. The maximum atomic E-state index is 12.5. The summed E-state index contributed by atoms with van der Waals surface area (Å²) in [4.78, 5) is 26.7. The van der Waals surface area contributed by atoms with Crippen molar-refractivity contribution in [2.75, 3.05) is 12.8 Å². The Kier molecular flexibility index (Phi) is 5.00. The zero-order chi connectivity index (χ0) is 15.6. The van der Waals surface area contributed by atoms with Crippen LogP contribution in [-0.2, 0) is 11.3 Å². The summed E-state index contributed by atoms with van der Waals surface area (Å²) in [5.74, 6) is -0.531. The smallest absolute Gasteiger partial charge is 0.327 e. The van der Waals surface area contributed by atoms with Gasteiger partial charge in [-0.2, -0.15) is 0 Å². The molecule has 1 aliphatic heterocycles. The standard InChI is InChI=1S/C14H17ClN2O3S/c1-9-17(12(8-21-9)13(18)19)14(20)16(2)7-10-3-5-11(15)6-4-10/h3-6,9,12H,7-8H2,1-2H3,(H,18,19). The summed E-state index contributed by atoms with van der Waals surface area (Å²) in [6.45, 7) is 2.26. The lowest BCUT2D eigenvalue weighted by Crippen LogP contribution is -2.49. The molecule has 0 aliphatic carbocycles. The molecule has 1 fully saturated rings. The van der Waals surface area contributed by atoms with Gasteiger partial charge in [-0.25, -0.2) is 9.59 Å². The van der Waals surface area contributed by atoms with Crippen molar-refractivity contribution in [3.8, 4) is 0 Å². The summed E-state index contributed by atoms with van der Waals surface area (Å²) in [5.41, 5.74) is 0.946. The van der Waals surface area contributed by atoms with Crippen molar-refractivity contribution in [2.24, 2.45) is 0 Å². The highest BCUT2D eigenvalue weighted by atomic mass is 35.5. The quantitative estimate of drug-likeness (QED) is 0.926. The largest absolute Gasteiger partial charge is 0.480 e. The van der Waals surface area contributed by atoms with E-state index in [-0.39, 0.29) is 11.4 Å². The van der Waals surface area contributed by atoms with E-state index in [1.807, 2.05) is 19.1 Å². The van der Waals surface area contributed by atoms with Crippen LogP contribution in [-0.4, -0.2) is 51.1 Å². The second kappa shape index (κ2) is 6.58. The van der Waals surface area contributed by atoms with Gasteiger partial charge in [0, 0.05) is 24.4 Å². The van der Waals surface area contributed by atoms with Crippen LogP contribution in [0.1, 0.15) is 12.5 Å². The minimum Gasteiger partial charge on any atom is -0.480 e. The van der Waals surface area contributed by atoms with Crippen molar-refractivity contribution in [2.45, 2.75) is 24.9 Å². The molecule has 5 nitrogen and oxygen atoms in total. The van der Waals surface area contributed by atoms with Crippen molar-refractivity contribution in [3.05, 3.63) is 34.9 Å². The summed E-state index contributed by atoms with van der Waals surface area (Å²) in [6.07, 6.45) is 0. The molecule has 21 heavy (non-hydrogen) atoms. The van der Waals surface area contributed by atoms with E-state index < -0.39 is 12.0 Å². The molecule has 2 unspecified atom stereocenters. The van der Waals surface area contributed by atoms with E-state index in [0.29, 0.717) is 17.3 Å². The molecule has 7 heteroatoms. The normalized spacial score (nSPS) is 21.4. The first-order chi connectivity index (χ1) is 9.90. The number of aliphatic carboxylic acids is 1. The number of hydrogen-bond donors (Lipinski definition) is 1. The molecule has 0 aromatic heterocycles. The molecule has 1 heterocycles. The van der Waals surface area contributed by atoms with E-state index in [0.717, 1.165) is 5.56 Å². The molecule has 0 spiro atoms. The summed E-state index contributed by atoms with van der Waals surface area (Å²) in [7, 11) is 1.67. The number of urea groups is 1. The summed E-state index contributed by atoms with van der Waals surface area (Å²) < 4.78 is 0. The van der Waals surface area contributed by atoms with Gasteiger partial charge in [0.25, 0.3) is 0 Å². The zero-order valence-corrected chi connectivity index (χ0v) is 13.4. The molecule has 1 aromatic rings. The number of halogens is 1. The van der Waals surface area contributed by atoms with Crippen LogP contribution in [0, 0.1) is 0 Å². The van der Waals surface area contributed by atoms with Crippen LogP contribution in [0.5, 0.6) is 0 Å². The number of amides is 2. The SMILES string of the molecule is CC1SCC(C(=O)O)N1C(=O)N(C)Cc1ccc(Cl)cc1. The molecule has 1 saturated heterocycles. The molecular weight excluding hydrogens is 312 g/mol. The molecule has 1 aliphatic rings. The molecule has 0 radical (unpaired) electrons. The zero-order valence-electron chi connectivity index (χ0n) is 11.8. The maximum absolute atomic E-state index is 12.5. The fourth-order valence-electron chi connectivity index (χ4n) is 2.25. The number of thioether (sulfide) groups is 1. The van der Waals surface area contributed by atoms with Gasteiger partial charge in [0.05, 0.1) is 5.37 Å². The molecule has 1 N–H and O–H groups in total. The lowest BCUT2D eigenvalue weighted by Gasteiger charge is -2.30. The second-order valence-corrected chi connectivity index (χ2v) is 6.74. The third-order valence-electron chi connectivity index (χ3n) is 3.39. The monoisotopic (exact) mass is 328 g/mol. The lowest BCUT2D eigenvalue weighted by molar-refractivity contribution is -0.141. The van der Waals surface area contributed by atoms with Gasteiger partial charge in [0.1, 0.15) is 6.04 Å². The van der Waals surface area contributed by atoms with Crippen molar-refractivity contribution < 1.29 is 14.7 Å². The molecule has 2 atom stereocenters. The number of rotatable bonds is 3. The first kappa shape index (κ1) is 16.0. The number of carboxylic acids is 1. The summed E-state index contributed by atoms with van der Waals surface area (Å²) in [5, 5.41) is 9.72.